The van der Waals surface area contributed by atoms with Gasteiger partial charge in [0, 0.05) is 47.6 Å². The zero-order valence-corrected chi connectivity index (χ0v) is 36.2. The smallest absolute Gasteiger partial charge is 0.303 e. The number of halogens is 1. The Hall–Kier alpha value is -4.76. The summed E-state index contributed by atoms with van der Waals surface area (Å²) in [4.78, 5) is 18.8. The van der Waals surface area contributed by atoms with Crippen molar-refractivity contribution < 1.29 is 15.0 Å². The Labute approximate surface area is 364 Å². The van der Waals surface area contributed by atoms with Crippen molar-refractivity contribution in [3.05, 3.63) is 184 Å². The summed E-state index contributed by atoms with van der Waals surface area (Å²) in [5.74, 6) is 0.122. The Kier molecular flexibility index (Phi) is 14.6. The summed E-state index contributed by atoms with van der Waals surface area (Å²) in [6.45, 7) is 8.03. The van der Waals surface area contributed by atoms with Gasteiger partial charge in [-0.15, -0.1) is 0 Å². The van der Waals surface area contributed by atoms with Gasteiger partial charge in [-0.3, -0.25) is 9.69 Å². The normalized spacial score (nSPS) is 15.8. The van der Waals surface area contributed by atoms with Crippen LogP contribution in [0.1, 0.15) is 89.9 Å². The summed E-state index contributed by atoms with van der Waals surface area (Å²) >= 11 is 8.04. The van der Waals surface area contributed by atoms with Crippen LogP contribution in [0.2, 0.25) is 5.02 Å². The van der Waals surface area contributed by atoms with Crippen LogP contribution in [-0.2, 0) is 16.8 Å². The fraction of sp³-hybridized carbons (Fsp3) is 0.308. The molecule has 6 nitrogen and oxygen atoms in total. The molecule has 60 heavy (non-hydrogen) atoms. The molecule has 2 heterocycles. The Morgan fingerprint density at radius 2 is 1.48 bits per heavy atom. The van der Waals surface area contributed by atoms with Gasteiger partial charge in [-0.2, -0.15) is 11.8 Å². The maximum atomic E-state index is 11.5. The van der Waals surface area contributed by atoms with Crippen molar-refractivity contribution in [3.8, 4) is 0 Å². The highest BCUT2D eigenvalue weighted by Crippen LogP contribution is 2.53. The maximum absolute atomic E-state index is 11.5. The van der Waals surface area contributed by atoms with E-state index in [9.17, 15) is 15.0 Å². The van der Waals surface area contributed by atoms with Gasteiger partial charge in [-0.25, -0.2) is 4.98 Å². The number of carbonyl (C=O) groups is 1. The number of aryl methyl sites for hydroxylation is 1. The number of nitrogens with one attached hydrogen (secondary N) is 1. The molecule has 1 atom stereocenters. The van der Waals surface area contributed by atoms with Crippen LogP contribution in [-0.4, -0.2) is 58.0 Å². The lowest BCUT2D eigenvalue weighted by Crippen LogP contribution is -2.45. The van der Waals surface area contributed by atoms with Gasteiger partial charge in [0.1, 0.15) is 0 Å². The van der Waals surface area contributed by atoms with Crippen molar-refractivity contribution in [1.29, 1.82) is 0 Å². The Bertz CT molecular complexity index is 2320. The second-order valence-corrected chi connectivity index (χ2v) is 18.3. The number of aliphatic hydroxyl groups is 1. The topological polar surface area (TPSA) is 85.7 Å². The lowest BCUT2D eigenvalue weighted by Gasteiger charge is -2.35. The highest BCUT2D eigenvalue weighted by Gasteiger charge is 2.44. The minimum absolute atomic E-state index is 0.0814. The van der Waals surface area contributed by atoms with Crippen LogP contribution in [0.3, 0.4) is 0 Å². The largest absolute Gasteiger partial charge is 0.481 e. The summed E-state index contributed by atoms with van der Waals surface area (Å²) < 4.78 is 0. The molecule has 2 fully saturated rings. The van der Waals surface area contributed by atoms with E-state index >= 15 is 0 Å². The minimum Gasteiger partial charge on any atom is -0.481 e. The number of aliphatic carboxylic acids is 1. The van der Waals surface area contributed by atoms with Crippen molar-refractivity contribution in [2.75, 3.05) is 31.9 Å². The van der Waals surface area contributed by atoms with Crippen LogP contribution in [0.15, 0.2) is 140 Å². The molecule has 5 aromatic carbocycles. The third-order valence-electron chi connectivity index (χ3n) is 11.6. The average molecular weight is 839 g/mol. The molecule has 2 aliphatic rings. The first-order chi connectivity index (χ1) is 29.0. The second-order valence-electron chi connectivity index (χ2n) is 16.7. The number of pyridine rings is 1. The molecule has 1 aliphatic heterocycles. The SMILES string of the molecule is CC(C)(O)c1ccccc1CC[C@@H](SCC1(CC(=O)O)CC1)c1cccc(/C=C/c2ccc3ccc(Cl)cc3n2)c1.c1ccc(C(c2ccccc2)N2CCNCC2)cc1. The predicted octanol–water partition coefficient (Wildman–Crippen LogP) is 11.6. The van der Waals surface area contributed by atoms with Crippen LogP contribution in [0, 0.1) is 5.41 Å². The van der Waals surface area contributed by atoms with E-state index in [0.29, 0.717) is 11.1 Å². The van der Waals surface area contributed by atoms with Gasteiger partial charge in [-0.1, -0.05) is 139 Å². The number of hydrogen-bond acceptors (Lipinski definition) is 6. The molecule has 0 bridgehead atoms. The molecule has 6 aromatic rings. The zero-order valence-electron chi connectivity index (χ0n) is 34.6. The summed E-state index contributed by atoms with van der Waals surface area (Å²) in [5, 5.41) is 25.5. The van der Waals surface area contributed by atoms with Gasteiger partial charge in [0.25, 0.3) is 0 Å². The van der Waals surface area contributed by atoms with Gasteiger partial charge in [-0.05, 0) is 103 Å². The number of piperazine rings is 1. The van der Waals surface area contributed by atoms with Crippen molar-refractivity contribution in [1.82, 2.24) is 15.2 Å². The summed E-state index contributed by atoms with van der Waals surface area (Å²) in [7, 11) is 0. The molecule has 8 heteroatoms. The summed E-state index contributed by atoms with van der Waals surface area (Å²) in [5.41, 5.74) is 7.92. The third kappa shape index (κ3) is 12.0. The molecule has 0 amide bonds. The van der Waals surface area contributed by atoms with Gasteiger partial charge in [0.05, 0.1) is 29.3 Å². The highest BCUT2D eigenvalue weighted by atomic mass is 35.5. The number of nitrogens with zero attached hydrogens (tertiary/aromatic N) is 2. The lowest BCUT2D eigenvalue weighted by atomic mass is 9.90. The molecule has 310 valence electrons. The summed E-state index contributed by atoms with van der Waals surface area (Å²) in [6, 6.07) is 48.5. The van der Waals surface area contributed by atoms with Crippen molar-refractivity contribution in [3.63, 3.8) is 0 Å². The minimum atomic E-state index is -0.911. The van der Waals surface area contributed by atoms with Crippen molar-refractivity contribution in [2.45, 2.75) is 62.8 Å². The van der Waals surface area contributed by atoms with Crippen LogP contribution in [0.5, 0.6) is 0 Å². The molecule has 0 radical (unpaired) electrons. The van der Waals surface area contributed by atoms with Gasteiger partial charge in [0.2, 0.25) is 0 Å². The molecule has 0 unspecified atom stereocenters. The van der Waals surface area contributed by atoms with Crippen LogP contribution in [0.25, 0.3) is 23.1 Å². The quantitative estimate of drug-likeness (QED) is 0.0950. The highest BCUT2D eigenvalue weighted by molar-refractivity contribution is 7.99. The van der Waals surface area contributed by atoms with Gasteiger partial charge >= 0.3 is 5.97 Å². The van der Waals surface area contributed by atoms with Crippen molar-refractivity contribution in [2.24, 2.45) is 5.41 Å². The van der Waals surface area contributed by atoms with E-state index in [0.717, 1.165) is 90.9 Å². The van der Waals surface area contributed by atoms with Crippen LogP contribution < -0.4 is 5.32 Å². The Balaban J connectivity index is 0.000000238. The Morgan fingerprint density at radius 1 is 0.833 bits per heavy atom. The fourth-order valence-electron chi connectivity index (χ4n) is 8.18. The van der Waals surface area contributed by atoms with E-state index in [-0.39, 0.29) is 17.1 Å². The number of aromatic nitrogens is 1. The molecular formula is C52H56ClN3O3S. The number of hydrogen-bond donors (Lipinski definition) is 3. The number of thioether (sulfide) groups is 1. The number of carboxylic acids is 1. The first-order valence-electron chi connectivity index (χ1n) is 21.1. The second kappa shape index (κ2) is 20.2. The third-order valence-corrected chi connectivity index (χ3v) is 13.5. The molecular weight excluding hydrogens is 782 g/mol. The number of rotatable bonds is 15. The number of fused-ring (bicyclic) bond motifs is 1. The van der Waals surface area contributed by atoms with E-state index in [2.05, 4.69) is 113 Å². The van der Waals surface area contributed by atoms with Gasteiger partial charge < -0.3 is 15.5 Å². The van der Waals surface area contributed by atoms with Crippen molar-refractivity contribution >= 4 is 52.4 Å². The maximum Gasteiger partial charge on any atom is 0.303 e. The first kappa shape index (κ1) is 43.3. The van der Waals surface area contributed by atoms with E-state index in [1.165, 1.54) is 16.7 Å². The van der Waals surface area contributed by atoms with E-state index < -0.39 is 11.6 Å². The van der Waals surface area contributed by atoms with E-state index in [1.54, 1.807) is 0 Å². The molecule has 8 rings (SSSR count). The fourth-order valence-corrected chi connectivity index (χ4v) is 9.92. The lowest BCUT2D eigenvalue weighted by molar-refractivity contribution is -0.138. The van der Waals surface area contributed by atoms with Gasteiger partial charge in [0.15, 0.2) is 0 Å². The molecule has 1 saturated heterocycles. The Morgan fingerprint density at radius 3 is 2.15 bits per heavy atom. The molecule has 1 aromatic heterocycles. The van der Waals surface area contributed by atoms with E-state index in [4.69, 9.17) is 16.6 Å². The van der Waals surface area contributed by atoms with Crippen LogP contribution >= 0.6 is 23.4 Å². The number of carboxylic acid groups (broad SMARTS) is 1. The molecule has 0 spiro atoms. The zero-order chi connectivity index (χ0) is 42.0. The van der Waals surface area contributed by atoms with E-state index in [1.807, 2.05) is 74.1 Å². The number of benzene rings is 5. The summed E-state index contributed by atoms with van der Waals surface area (Å²) in [6.07, 6.45) is 8.02. The van der Waals surface area contributed by atoms with Crippen LogP contribution in [0.4, 0.5) is 0 Å². The molecule has 1 aliphatic carbocycles. The average Bonchev–Trinajstić information content (AvgIpc) is 4.02. The predicted molar refractivity (Wildman–Crippen MR) is 250 cm³/mol. The monoisotopic (exact) mass is 837 g/mol. The first-order valence-corrected chi connectivity index (χ1v) is 22.5. The standard InChI is InChI=1S/C35H36ClNO3S.C17H20N2/c1-34(2,40)30-9-4-3-7-25(30)13-17-32(41-23-35(18-19-35)22-33(38)39)27-8-5-6-24(20-27)10-15-29-16-12-26-11-14-28(36)21-31(26)37-29;1-3-7-15(8-4-1)17(16-9-5-2-6-10-16)19-13-11-18-12-14-19/h3-12,14-16,20-21,32,40H,13,17-19,22-23H2,1-2H3,(H,38,39);1-10,17-18H,11-14H2/b15-10+;/t32-;/m1./s1. The molecule has 3 N–H and O–H groups in total. The molecule has 1 saturated carbocycles.